The van der Waals surface area contributed by atoms with Gasteiger partial charge in [-0.1, -0.05) is 23.1 Å². The number of carbonyl (C=O) groups is 1. The van der Waals surface area contributed by atoms with E-state index >= 15 is 0 Å². The summed E-state index contributed by atoms with van der Waals surface area (Å²) in [7, 11) is 0. The number of nitrogens with one attached hydrogen (secondary N) is 1. The number of alkyl halides is 3. The third kappa shape index (κ3) is 3.70. The molecule has 0 saturated heterocycles. The number of hydrogen-bond donors (Lipinski definition) is 1. The summed E-state index contributed by atoms with van der Waals surface area (Å²) in [5.74, 6) is -1.16. The van der Waals surface area contributed by atoms with Crippen molar-refractivity contribution in [3.05, 3.63) is 47.0 Å². The van der Waals surface area contributed by atoms with Gasteiger partial charge in [0.05, 0.1) is 6.20 Å². The molecule has 3 rings (SSSR count). The Labute approximate surface area is 152 Å². The highest BCUT2D eigenvalue weighted by atomic mass is 32.2. The maximum Gasteiger partial charge on any atom is 0.445 e. The Bertz CT molecular complexity index is 936. The number of rotatable bonds is 4. The molecule has 0 fully saturated rings. The number of carbonyl (C=O) groups excluding carboxylic acids is 1. The van der Waals surface area contributed by atoms with E-state index in [1.54, 1.807) is 6.26 Å². The minimum atomic E-state index is -4.64. The number of anilines is 1. The zero-order valence-corrected chi connectivity index (χ0v) is 14.5. The first-order chi connectivity index (χ1) is 12.3. The largest absolute Gasteiger partial charge is 0.445 e. The molecule has 0 spiro atoms. The fourth-order valence-corrected chi connectivity index (χ4v) is 3.18. The summed E-state index contributed by atoms with van der Waals surface area (Å²) in [6, 6.07) is 5.36. The van der Waals surface area contributed by atoms with Gasteiger partial charge in [-0.05, 0) is 30.5 Å². The van der Waals surface area contributed by atoms with Gasteiger partial charge in [0.25, 0.3) is 5.91 Å². The summed E-state index contributed by atoms with van der Waals surface area (Å²) in [5.41, 5.74) is 0.538. The second-order valence-corrected chi connectivity index (χ2v) is 6.56. The van der Waals surface area contributed by atoms with E-state index < -0.39 is 22.9 Å². The first-order valence-corrected chi connectivity index (χ1v) is 8.93. The molecule has 0 atom stereocenters. The second kappa shape index (κ2) is 7.03. The van der Waals surface area contributed by atoms with Gasteiger partial charge in [-0.3, -0.25) is 14.7 Å². The van der Waals surface area contributed by atoms with E-state index in [0.717, 1.165) is 0 Å². The van der Waals surface area contributed by atoms with Gasteiger partial charge < -0.3 is 0 Å². The first-order valence-electron chi connectivity index (χ1n) is 6.89. The Balaban J connectivity index is 1.91. The van der Waals surface area contributed by atoms with Gasteiger partial charge >= 0.3 is 6.18 Å². The SMILES string of the molecule is CSc1ncc(C(=O)Nc2nnc(C(F)(F)F)s2)n1-c1ccc(F)cc1. The smallest absolute Gasteiger partial charge is 0.295 e. The van der Waals surface area contributed by atoms with Crippen LogP contribution in [0.1, 0.15) is 15.5 Å². The van der Waals surface area contributed by atoms with Crippen LogP contribution in [0.15, 0.2) is 35.6 Å². The summed E-state index contributed by atoms with van der Waals surface area (Å²) >= 11 is 1.47. The molecule has 0 radical (unpaired) electrons. The fraction of sp³-hybridized carbons (Fsp3) is 0.143. The fourth-order valence-electron chi connectivity index (χ4n) is 2.03. The van der Waals surface area contributed by atoms with Crippen LogP contribution in [0.4, 0.5) is 22.7 Å². The van der Waals surface area contributed by atoms with Gasteiger partial charge in [0.15, 0.2) is 5.16 Å². The van der Waals surface area contributed by atoms with Crippen LogP contribution in [0, 0.1) is 5.82 Å². The number of hydrogen-bond acceptors (Lipinski definition) is 6. The van der Waals surface area contributed by atoms with Crippen molar-refractivity contribution in [2.75, 3.05) is 11.6 Å². The van der Waals surface area contributed by atoms with Crippen molar-refractivity contribution in [3.8, 4) is 5.69 Å². The number of amides is 1. The lowest BCUT2D eigenvalue weighted by Gasteiger charge is -2.10. The molecule has 0 aliphatic rings. The van der Waals surface area contributed by atoms with Crippen LogP contribution in [0.25, 0.3) is 5.69 Å². The molecular formula is C14H9F4N5OS2. The van der Waals surface area contributed by atoms with E-state index in [1.165, 1.54) is 46.8 Å². The van der Waals surface area contributed by atoms with Crippen LogP contribution in [0.2, 0.25) is 0 Å². The maximum atomic E-state index is 13.1. The molecule has 2 aromatic heterocycles. The summed E-state index contributed by atoms with van der Waals surface area (Å²) < 4.78 is 52.3. The van der Waals surface area contributed by atoms with E-state index in [4.69, 9.17) is 0 Å². The number of nitrogens with zero attached hydrogens (tertiary/aromatic N) is 4. The minimum Gasteiger partial charge on any atom is -0.295 e. The van der Waals surface area contributed by atoms with Crippen molar-refractivity contribution in [3.63, 3.8) is 0 Å². The molecule has 136 valence electrons. The minimum absolute atomic E-state index is 0.0599. The maximum absolute atomic E-state index is 13.1. The lowest BCUT2D eigenvalue weighted by Crippen LogP contribution is -2.16. The molecule has 6 nitrogen and oxygen atoms in total. The molecular weight excluding hydrogens is 394 g/mol. The van der Waals surface area contributed by atoms with E-state index in [9.17, 15) is 22.4 Å². The van der Waals surface area contributed by atoms with Gasteiger partial charge in [-0.15, -0.1) is 10.2 Å². The zero-order valence-electron chi connectivity index (χ0n) is 12.9. The Morgan fingerprint density at radius 2 is 1.92 bits per heavy atom. The lowest BCUT2D eigenvalue weighted by molar-refractivity contribution is -0.138. The average molecular weight is 403 g/mol. The lowest BCUT2D eigenvalue weighted by atomic mass is 10.3. The Morgan fingerprint density at radius 1 is 1.23 bits per heavy atom. The van der Waals surface area contributed by atoms with E-state index in [0.29, 0.717) is 10.8 Å². The van der Waals surface area contributed by atoms with Gasteiger partial charge in [-0.2, -0.15) is 13.2 Å². The summed E-state index contributed by atoms with van der Waals surface area (Å²) in [6.07, 6.45) is -1.62. The van der Waals surface area contributed by atoms with Crippen molar-refractivity contribution < 1.29 is 22.4 Å². The molecule has 0 aliphatic carbocycles. The molecule has 0 aliphatic heterocycles. The van der Waals surface area contributed by atoms with Gasteiger partial charge in [0, 0.05) is 5.69 Å². The monoisotopic (exact) mass is 403 g/mol. The molecule has 1 amide bonds. The Hall–Kier alpha value is -2.47. The van der Waals surface area contributed by atoms with Crippen LogP contribution >= 0.6 is 23.1 Å². The second-order valence-electron chi connectivity index (χ2n) is 4.81. The van der Waals surface area contributed by atoms with Crippen LogP contribution in [-0.4, -0.2) is 31.9 Å². The predicted molar refractivity (Wildman–Crippen MR) is 88.2 cm³/mol. The van der Waals surface area contributed by atoms with Crippen molar-refractivity contribution in [2.24, 2.45) is 0 Å². The van der Waals surface area contributed by atoms with Crippen LogP contribution in [0.5, 0.6) is 0 Å². The topological polar surface area (TPSA) is 72.7 Å². The van der Waals surface area contributed by atoms with Crippen molar-refractivity contribution in [2.45, 2.75) is 11.3 Å². The van der Waals surface area contributed by atoms with Gasteiger partial charge in [0.1, 0.15) is 11.5 Å². The molecule has 1 aromatic carbocycles. The molecule has 3 aromatic rings. The van der Waals surface area contributed by atoms with Crippen molar-refractivity contribution in [1.29, 1.82) is 0 Å². The molecule has 12 heteroatoms. The highest BCUT2D eigenvalue weighted by Gasteiger charge is 2.36. The number of benzene rings is 1. The van der Waals surface area contributed by atoms with E-state index in [1.807, 2.05) is 0 Å². The average Bonchev–Trinajstić information content (AvgIpc) is 3.21. The third-order valence-electron chi connectivity index (χ3n) is 3.12. The predicted octanol–water partition coefficient (Wildman–Crippen LogP) is 3.86. The van der Waals surface area contributed by atoms with E-state index in [2.05, 4.69) is 20.5 Å². The Kier molecular flexibility index (Phi) is 4.96. The number of thioether (sulfide) groups is 1. The van der Waals surface area contributed by atoms with Gasteiger partial charge in [-0.25, -0.2) is 9.37 Å². The zero-order chi connectivity index (χ0) is 18.9. The number of aromatic nitrogens is 4. The van der Waals surface area contributed by atoms with Crippen LogP contribution < -0.4 is 5.32 Å². The third-order valence-corrected chi connectivity index (χ3v) is 4.65. The first kappa shape index (κ1) is 18.3. The van der Waals surface area contributed by atoms with Crippen molar-refractivity contribution in [1.82, 2.24) is 19.7 Å². The van der Waals surface area contributed by atoms with Gasteiger partial charge in [0.2, 0.25) is 10.1 Å². The Morgan fingerprint density at radius 3 is 2.50 bits per heavy atom. The highest BCUT2D eigenvalue weighted by molar-refractivity contribution is 7.98. The van der Waals surface area contributed by atoms with E-state index in [-0.39, 0.29) is 22.2 Å². The summed E-state index contributed by atoms with van der Waals surface area (Å²) in [5, 5.41) is 7.60. The van der Waals surface area contributed by atoms with Crippen LogP contribution in [-0.2, 0) is 6.18 Å². The van der Waals surface area contributed by atoms with Crippen LogP contribution in [0.3, 0.4) is 0 Å². The molecule has 1 N–H and O–H groups in total. The standard InChI is InChI=1S/C14H9F4N5OS2/c1-25-13-19-6-9(23(13)8-4-2-7(15)3-5-8)10(24)20-12-22-21-11(26-12)14(16,17)18/h2-6H,1H3,(H,20,22,24). The number of imidazole rings is 1. The highest BCUT2D eigenvalue weighted by Crippen LogP contribution is 2.33. The molecule has 0 saturated carbocycles. The molecule has 0 unspecified atom stereocenters. The molecule has 2 heterocycles. The van der Waals surface area contributed by atoms with Crippen molar-refractivity contribution >= 4 is 34.1 Å². The summed E-state index contributed by atoms with van der Waals surface area (Å²) in [4.78, 5) is 16.6. The quantitative estimate of drug-likeness (QED) is 0.529. The summed E-state index contributed by atoms with van der Waals surface area (Å²) in [6.45, 7) is 0. The molecule has 0 bridgehead atoms. The number of halogens is 4. The normalized spacial score (nSPS) is 11.6. The molecule has 26 heavy (non-hydrogen) atoms.